The Balaban J connectivity index is 1.22. The summed E-state index contributed by atoms with van der Waals surface area (Å²) in [6.45, 7) is 7.30. The van der Waals surface area contributed by atoms with Gasteiger partial charge >= 0.3 is 11.9 Å². The van der Waals surface area contributed by atoms with E-state index < -0.39 is 60.2 Å². The number of aryl methyl sites for hydroxylation is 1. The van der Waals surface area contributed by atoms with Crippen LogP contribution in [-0.4, -0.2) is 73.2 Å². The first-order valence-corrected chi connectivity index (χ1v) is 20.0. The highest BCUT2D eigenvalue weighted by atomic mass is 16.5. The minimum absolute atomic E-state index is 0.0896. The molecule has 0 radical (unpaired) electrons. The van der Waals surface area contributed by atoms with Crippen LogP contribution < -0.4 is 21.3 Å². The minimum Gasteiger partial charge on any atom is -0.454 e. The summed E-state index contributed by atoms with van der Waals surface area (Å²) in [6, 6.07) is 30.7. The van der Waals surface area contributed by atoms with E-state index in [1.54, 1.807) is 36.4 Å². The molecule has 15 nitrogen and oxygen atoms in total. The number of carbonyl (C=O) groups excluding carboxylic acids is 9. The zero-order valence-electron chi connectivity index (χ0n) is 35.5. The van der Waals surface area contributed by atoms with Crippen LogP contribution in [0.2, 0.25) is 0 Å². The fraction of sp³-hybridized carbons (Fsp3) is 0.0784. The van der Waals surface area contributed by atoms with Gasteiger partial charge in [0, 0.05) is 57.1 Å². The van der Waals surface area contributed by atoms with E-state index >= 15 is 0 Å². The molecule has 66 heavy (non-hydrogen) atoms. The third kappa shape index (κ3) is 10.9. The Morgan fingerprint density at radius 2 is 0.909 bits per heavy atom. The number of esters is 2. The van der Waals surface area contributed by atoms with Gasteiger partial charge in [-0.1, -0.05) is 67.3 Å². The van der Waals surface area contributed by atoms with Crippen LogP contribution >= 0.6 is 0 Å². The van der Waals surface area contributed by atoms with E-state index in [0.29, 0.717) is 27.7 Å². The maximum atomic E-state index is 13.9. The fourth-order valence-corrected chi connectivity index (χ4v) is 6.48. The number of ketones is 3. The molecule has 0 saturated heterocycles. The molecule has 0 aliphatic rings. The topological polar surface area (TPSA) is 220 Å². The Hall–Kier alpha value is -9.11. The summed E-state index contributed by atoms with van der Waals surface area (Å²) < 4.78 is 10.1. The number of ether oxygens (including phenoxy) is 2. The van der Waals surface area contributed by atoms with Crippen LogP contribution in [0.25, 0.3) is 10.8 Å². The summed E-state index contributed by atoms with van der Waals surface area (Å²) in [4.78, 5) is 117. The first-order chi connectivity index (χ1) is 31.7. The molecule has 0 atom stereocenters. The van der Waals surface area contributed by atoms with Gasteiger partial charge in [0.1, 0.15) is 0 Å². The van der Waals surface area contributed by atoms with Gasteiger partial charge in [-0.25, -0.2) is 9.59 Å². The Labute approximate surface area is 377 Å². The van der Waals surface area contributed by atoms with Crippen molar-refractivity contribution in [3.8, 4) is 0 Å². The molecule has 0 unspecified atom stereocenters. The van der Waals surface area contributed by atoms with Gasteiger partial charge in [-0.05, 0) is 91.9 Å². The van der Waals surface area contributed by atoms with Crippen molar-refractivity contribution in [1.82, 2.24) is 5.32 Å². The summed E-state index contributed by atoms with van der Waals surface area (Å²) in [5.74, 6) is -6.35. The standard InChI is InChI=1S/C51H40N4O11/c1-5-35(56)27-65-50(63)39-23-19-32(25-41(39)48(61)52-4)45(58)33-20-24-40(51(64)66-28-36(57)6-2)42(26-33)49(62)53-34-21-17-31(18-22-34)47(60)55-44-12-8-9-37-38(44)10-7-11-43(37)54-46(59)30-15-13-29(3)14-16-30/h5-26H,1-2,27-28H2,3-4H3,(H,52,61)(H,53,62)(H,54,59)(H,55,60). The molecule has 0 aromatic heterocycles. The SMILES string of the molecule is C=CC(=O)COC(=O)c1ccc(C(=O)c2ccc(C(=O)OCC(=O)C=C)c(C(=O)Nc3ccc(C(=O)Nc4cccc5c(NC(=O)c6ccc(C)cc6)cccc45)cc3)c2)cc1C(=O)NC. The molecule has 0 bridgehead atoms. The van der Waals surface area contributed by atoms with Gasteiger partial charge in [0.25, 0.3) is 23.6 Å². The number of nitrogens with one attached hydrogen (secondary N) is 4. The lowest BCUT2D eigenvalue weighted by Gasteiger charge is -2.14. The van der Waals surface area contributed by atoms with Crippen LogP contribution in [0, 0.1) is 6.92 Å². The Morgan fingerprint density at radius 1 is 0.485 bits per heavy atom. The zero-order valence-corrected chi connectivity index (χ0v) is 35.5. The number of carbonyl (C=O) groups is 9. The van der Waals surface area contributed by atoms with Crippen LogP contribution in [0.1, 0.15) is 83.6 Å². The van der Waals surface area contributed by atoms with Crippen molar-refractivity contribution in [2.75, 3.05) is 36.2 Å². The summed E-state index contributed by atoms with van der Waals surface area (Å²) >= 11 is 0. The normalized spacial score (nSPS) is 10.5. The molecule has 0 heterocycles. The number of hydrogen-bond donors (Lipinski definition) is 4. The average molecular weight is 885 g/mol. The molecule has 0 aliphatic heterocycles. The van der Waals surface area contributed by atoms with Gasteiger partial charge in [0.05, 0.1) is 22.3 Å². The molecule has 6 rings (SSSR count). The highest BCUT2D eigenvalue weighted by Gasteiger charge is 2.25. The quantitative estimate of drug-likeness (QED) is 0.0404. The maximum Gasteiger partial charge on any atom is 0.339 e. The molecule has 0 saturated carbocycles. The summed E-state index contributed by atoms with van der Waals surface area (Å²) in [5, 5.41) is 12.2. The third-order valence-corrected chi connectivity index (χ3v) is 10.0. The van der Waals surface area contributed by atoms with E-state index in [1.807, 2.05) is 31.2 Å². The van der Waals surface area contributed by atoms with Crippen LogP contribution in [0.15, 0.2) is 147 Å². The van der Waals surface area contributed by atoms with Crippen molar-refractivity contribution in [2.45, 2.75) is 6.92 Å². The Morgan fingerprint density at radius 3 is 1.35 bits per heavy atom. The zero-order chi connectivity index (χ0) is 47.5. The molecular formula is C51H40N4O11. The van der Waals surface area contributed by atoms with E-state index in [-0.39, 0.29) is 50.5 Å². The molecule has 15 heteroatoms. The summed E-state index contributed by atoms with van der Waals surface area (Å²) in [7, 11) is 1.31. The van der Waals surface area contributed by atoms with Gasteiger partial charge < -0.3 is 30.7 Å². The number of anilines is 3. The monoisotopic (exact) mass is 884 g/mol. The van der Waals surface area contributed by atoms with E-state index in [1.165, 1.54) is 49.5 Å². The molecule has 0 fully saturated rings. The minimum atomic E-state index is -1.06. The lowest BCUT2D eigenvalue weighted by Crippen LogP contribution is -2.23. The van der Waals surface area contributed by atoms with E-state index in [2.05, 4.69) is 34.4 Å². The number of hydrogen-bond acceptors (Lipinski definition) is 11. The van der Waals surface area contributed by atoms with Crippen molar-refractivity contribution in [2.24, 2.45) is 0 Å². The van der Waals surface area contributed by atoms with Crippen molar-refractivity contribution in [1.29, 1.82) is 0 Å². The van der Waals surface area contributed by atoms with E-state index in [9.17, 15) is 43.2 Å². The molecule has 330 valence electrons. The van der Waals surface area contributed by atoms with Gasteiger partial charge in [0.15, 0.2) is 30.6 Å². The Kier molecular flexibility index (Phi) is 14.6. The van der Waals surface area contributed by atoms with Crippen molar-refractivity contribution >= 4 is 80.8 Å². The second-order valence-electron chi connectivity index (χ2n) is 14.4. The van der Waals surface area contributed by atoms with E-state index in [0.717, 1.165) is 35.9 Å². The second-order valence-corrected chi connectivity index (χ2v) is 14.4. The Bertz CT molecular complexity index is 2990. The maximum absolute atomic E-state index is 13.9. The smallest absolute Gasteiger partial charge is 0.339 e. The predicted octanol–water partition coefficient (Wildman–Crippen LogP) is 7.32. The summed E-state index contributed by atoms with van der Waals surface area (Å²) in [6.07, 6.45) is 1.92. The van der Waals surface area contributed by atoms with Crippen LogP contribution in [0.5, 0.6) is 0 Å². The van der Waals surface area contributed by atoms with Gasteiger partial charge in [-0.15, -0.1) is 0 Å². The molecule has 0 aliphatic carbocycles. The lowest BCUT2D eigenvalue weighted by molar-refractivity contribution is -0.118. The molecule has 0 spiro atoms. The molecule has 4 N–H and O–H groups in total. The van der Waals surface area contributed by atoms with Gasteiger partial charge in [0.2, 0.25) is 0 Å². The number of rotatable bonds is 17. The van der Waals surface area contributed by atoms with Gasteiger partial charge in [-0.2, -0.15) is 0 Å². The lowest BCUT2D eigenvalue weighted by atomic mass is 9.95. The number of fused-ring (bicyclic) bond motifs is 1. The van der Waals surface area contributed by atoms with Crippen LogP contribution in [0.3, 0.4) is 0 Å². The van der Waals surface area contributed by atoms with Crippen LogP contribution in [-0.2, 0) is 19.1 Å². The molecular weight excluding hydrogens is 845 g/mol. The predicted molar refractivity (Wildman–Crippen MR) is 246 cm³/mol. The van der Waals surface area contributed by atoms with Gasteiger partial charge in [-0.3, -0.25) is 33.6 Å². The molecule has 4 amide bonds. The molecule has 6 aromatic carbocycles. The number of benzene rings is 6. The highest BCUT2D eigenvalue weighted by Crippen LogP contribution is 2.30. The highest BCUT2D eigenvalue weighted by molar-refractivity contribution is 6.17. The van der Waals surface area contributed by atoms with Crippen LogP contribution in [0.4, 0.5) is 17.1 Å². The average Bonchev–Trinajstić information content (AvgIpc) is 3.34. The first kappa shape index (κ1) is 46.4. The largest absolute Gasteiger partial charge is 0.454 e. The van der Waals surface area contributed by atoms with Crippen molar-refractivity contribution in [3.63, 3.8) is 0 Å². The van der Waals surface area contributed by atoms with Crippen molar-refractivity contribution < 1.29 is 52.6 Å². The molecule has 6 aromatic rings. The van der Waals surface area contributed by atoms with E-state index in [4.69, 9.17) is 9.47 Å². The second kappa shape index (κ2) is 20.8. The first-order valence-electron chi connectivity index (χ1n) is 20.0. The third-order valence-electron chi connectivity index (χ3n) is 10.0. The van der Waals surface area contributed by atoms with Crippen molar-refractivity contribution in [3.05, 3.63) is 197 Å². The fourth-order valence-electron chi connectivity index (χ4n) is 6.48. The number of amides is 4. The summed E-state index contributed by atoms with van der Waals surface area (Å²) in [5.41, 5.74) is 1.64.